The summed E-state index contributed by atoms with van der Waals surface area (Å²) < 4.78 is 28.5. The van der Waals surface area contributed by atoms with Gasteiger partial charge in [0.1, 0.15) is 29.5 Å². The minimum absolute atomic E-state index is 0.206. The third kappa shape index (κ3) is 3.13. The minimum atomic E-state index is -1.51. The summed E-state index contributed by atoms with van der Waals surface area (Å²) in [5.74, 6) is -2.32. The number of aromatic nitrogens is 1. The number of nitrogens with one attached hydrogen (secondary N) is 1. The first-order valence-electron chi connectivity index (χ1n) is 6.40. The van der Waals surface area contributed by atoms with E-state index >= 15 is 0 Å². The topological polar surface area (TPSA) is 78.0 Å². The molecule has 1 heterocycles. The van der Waals surface area contributed by atoms with Crippen molar-refractivity contribution in [2.24, 2.45) is 7.05 Å². The van der Waals surface area contributed by atoms with Gasteiger partial charge in [-0.1, -0.05) is 6.07 Å². The van der Waals surface area contributed by atoms with Gasteiger partial charge in [0.15, 0.2) is 0 Å². The van der Waals surface area contributed by atoms with Gasteiger partial charge in [-0.05, 0) is 18.2 Å². The molecule has 0 spiro atoms. The first-order valence-corrected chi connectivity index (χ1v) is 6.40. The maximum Gasteiger partial charge on any atom is 0.268 e. The van der Waals surface area contributed by atoms with Crippen LogP contribution in [0.4, 0.5) is 8.78 Å². The molecule has 0 aliphatic heterocycles. The largest absolute Gasteiger partial charge is 0.386 e. The summed E-state index contributed by atoms with van der Waals surface area (Å²) in [6, 6.07) is 6.52. The Bertz CT molecular complexity index is 729. The van der Waals surface area contributed by atoms with E-state index in [2.05, 4.69) is 5.32 Å². The van der Waals surface area contributed by atoms with Crippen molar-refractivity contribution < 1.29 is 18.7 Å². The number of aryl methyl sites for hydroxylation is 1. The Hall–Kier alpha value is -2.72. The molecule has 0 aliphatic carbocycles. The van der Waals surface area contributed by atoms with Crippen molar-refractivity contribution in [1.82, 2.24) is 9.88 Å². The van der Waals surface area contributed by atoms with Crippen molar-refractivity contribution in [2.75, 3.05) is 6.54 Å². The molecule has 5 nitrogen and oxygen atoms in total. The summed E-state index contributed by atoms with van der Waals surface area (Å²) >= 11 is 0. The SMILES string of the molecule is Cn1cc(C#N)cc1C(=O)NCC(O)c1c(F)cccc1F. The first-order chi connectivity index (χ1) is 10.4. The average Bonchev–Trinajstić information content (AvgIpc) is 2.86. The summed E-state index contributed by atoms with van der Waals surface area (Å²) in [5, 5.41) is 21.0. The van der Waals surface area contributed by atoms with Crippen LogP contribution in [-0.2, 0) is 7.05 Å². The Labute approximate surface area is 125 Å². The predicted octanol–water partition coefficient (Wildman–Crippen LogP) is 1.64. The van der Waals surface area contributed by atoms with Crippen molar-refractivity contribution in [1.29, 1.82) is 5.26 Å². The Morgan fingerprint density at radius 2 is 2.09 bits per heavy atom. The zero-order chi connectivity index (χ0) is 16.3. The lowest BCUT2D eigenvalue weighted by Gasteiger charge is -2.14. The molecule has 0 bridgehead atoms. The fourth-order valence-corrected chi connectivity index (χ4v) is 2.06. The Morgan fingerprint density at radius 3 is 2.64 bits per heavy atom. The third-order valence-corrected chi connectivity index (χ3v) is 3.16. The number of rotatable bonds is 4. The highest BCUT2D eigenvalue weighted by Crippen LogP contribution is 2.20. The maximum absolute atomic E-state index is 13.5. The molecule has 114 valence electrons. The van der Waals surface area contributed by atoms with E-state index in [9.17, 15) is 18.7 Å². The quantitative estimate of drug-likeness (QED) is 0.901. The van der Waals surface area contributed by atoms with E-state index in [1.807, 2.05) is 6.07 Å². The van der Waals surface area contributed by atoms with Crippen molar-refractivity contribution in [3.05, 3.63) is 58.9 Å². The van der Waals surface area contributed by atoms with Crippen LogP contribution in [0.2, 0.25) is 0 Å². The van der Waals surface area contributed by atoms with Gasteiger partial charge in [0.05, 0.1) is 11.1 Å². The second-order valence-corrected chi connectivity index (χ2v) is 4.70. The number of amides is 1. The maximum atomic E-state index is 13.5. The molecule has 2 rings (SSSR count). The zero-order valence-corrected chi connectivity index (χ0v) is 11.7. The van der Waals surface area contributed by atoms with Crippen molar-refractivity contribution in [3.63, 3.8) is 0 Å². The summed E-state index contributed by atoms with van der Waals surface area (Å²) in [5.41, 5.74) is 0.0264. The molecule has 7 heteroatoms. The van der Waals surface area contributed by atoms with E-state index in [0.29, 0.717) is 5.56 Å². The number of nitrogens with zero attached hydrogens (tertiary/aromatic N) is 2. The number of carbonyl (C=O) groups is 1. The predicted molar refractivity (Wildman–Crippen MR) is 73.8 cm³/mol. The fourth-order valence-electron chi connectivity index (χ4n) is 2.06. The molecule has 2 N–H and O–H groups in total. The second-order valence-electron chi connectivity index (χ2n) is 4.70. The number of carbonyl (C=O) groups excluding carboxylic acids is 1. The molecule has 0 fully saturated rings. The number of hydrogen-bond donors (Lipinski definition) is 2. The van der Waals surface area contributed by atoms with E-state index in [0.717, 1.165) is 12.1 Å². The number of benzene rings is 1. The molecule has 2 aromatic rings. The van der Waals surface area contributed by atoms with Gasteiger partial charge in [-0.2, -0.15) is 5.26 Å². The van der Waals surface area contributed by atoms with Crippen LogP contribution in [-0.4, -0.2) is 22.1 Å². The van der Waals surface area contributed by atoms with Crippen LogP contribution in [0.25, 0.3) is 0 Å². The van der Waals surface area contributed by atoms with E-state index < -0.39 is 29.2 Å². The lowest BCUT2D eigenvalue weighted by atomic mass is 10.1. The van der Waals surface area contributed by atoms with Gasteiger partial charge < -0.3 is 15.0 Å². The number of aliphatic hydroxyl groups excluding tert-OH is 1. The van der Waals surface area contributed by atoms with Crippen molar-refractivity contribution in [2.45, 2.75) is 6.10 Å². The minimum Gasteiger partial charge on any atom is -0.386 e. The molecule has 0 radical (unpaired) electrons. The van der Waals surface area contributed by atoms with E-state index in [-0.39, 0.29) is 12.2 Å². The van der Waals surface area contributed by atoms with Gasteiger partial charge in [-0.25, -0.2) is 8.78 Å². The van der Waals surface area contributed by atoms with Crippen LogP contribution in [0.15, 0.2) is 30.5 Å². The van der Waals surface area contributed by atoms with E-state index in [1.165, 1.54) is 22.9 Å². The second kappa shape index (κ2) is 6.37. The van der Waals surface area contributed by atoms with Crippen molar-refractivity contribution in [3.8, 4) is 6.07 Å². The molecule has 1 aromatic heterocycles. The third-order valence-electron chi connectivity index (χ3n) is 3.16. The summed E-state index contributed by atoms with van der Waals surface area (Å²) in [6.45, 7) is -0.357. The van der Waals surface area contributed by atoms with Crippen LogP contribution in [0, 0.1) is 23.0 Å². The Balaban J connectivity index is 2.08. The lowest BCUT2D eigenvalue weighted by molar-refractivity contribution is 0.0903. The molecule has 22 heavy (non-hydrogen) atoms. The zero-order valence-electron chi connectivity index (χ0n) is 11.7. The highest BCUT2D eigenvalue weighted by Gasteiger charge is 2.19. The first kappa shape index (κ1) is 15.7. The Morgan fingerprint density at radius 1 is 1.45 bits per heavy atom. The van der Waals surface area contributed by atoms with E-state index in [4.69, 9.17) is 5.26 Å². The van der Waals surface area contributed by atoms with Gasteiger partial charge in [-0.15, -0.1) is 0 Å². The summed E-state index contributed by atoms with van der Waals surface area (Å²) in [7, 11) is 1.59. The average molecular weight is 305 g/mol. The van der Waals surface area contributed by atoms with Crippen LogP contribution in [0.1, 0.15) is 27.7 Å². The van der Waals surface area contributed by atoms with Gasteiger partial charge in [0.25, 0.3) is 5.91 Å². The van der Waals surface area contributed by atoms with Gasteiger partial charge in [-0.3, -0.25) is 4.79 Å². The Kier molecular flexibility index (Phi) is 4.53. The molecular weight excluding hydrogens is 292 g/mol. The smallest absolute Gasteiger partial charge is 0.268 e. The lowest BCUT2D eigenvalue weighted by Crippen LogP contribution is -2.30. The van der Waals surface area contributed by atoms with Crippen LogP contribution in [0.3, 0.4) is 0 Å². The summed E-state index contributed by atoms with van der Waals surface area (Å²) in [6.07, 6.45) is -0.0390. The molecule has 1 unspecified atom stereocenters. The monoisotopic (exact) mass is 305 g/mol. The molecule has 1 aromatic carbocycles. The normalized spacial score (nSPS) is 11.8. The fraction of sp³-hybridized carbons (Fsp3) is 0.200. The molecular formula is C15H13F2N3O2. The number of hydrogen-bond acceptors (Lipinski definition) is 3. The standard InChI is InChI=1S/C15H13F2N3O2/c1-20-8-9(6-18)5-12(20)15(22)19-7-13(21)14-10(16)3-2-4-11(14)17/h2-5,8,13,21H,7H2,1H3,(H,19,22). The van der Waals surface area contributed by atoms with E-state index in [1.54, 1.807) is 7.05 Å². The van der Waals surface area contributed by atoms with Crippen LogP contribution in [0.5, 0.6) is 0 Å². The van der Waals surface area contributed by atoms with Gasteiger partial charge in [0, 0.05) is 19.8 Å². The van der Waals surface area contributed by atoms with Gasteiger partial charge in [0.2, 0.25) is 0 Å². The number of aliphatic hydroxyl groups is 1. The highest BCUT2D eigenvalue weighted by atomic mass is 19.1. The molecule has 1 amide bonds. The molecule has 1 atom stereocenters. The van der Waals surface area contributed by atoms with Crippen molar-refractivity contribution >= 4 is 5.91 Å². The number of nitriles is 1. The molecule has 0 aliphatic rings. The highest BCUT2D eigenvalue weighted by molar-refractivity contribution is 5.93. The van der Waals surface area contributed by atoms with Crippen LogP contribution >= 0.6 is 0 Å². The van der Waals surface area contributed by atoms with Crippen LogP contribution < -0.4 is 5.32 Å². The molecule has 0 saturated heterocycles. The summed E-state index contributed by atoms with van der Waals surface area (Å²) in [4.78, 5) is 12.0. The van der Waals surface area contributed by atoms with Gasteiger partial charge >= 0.3 is 0 Å². The molecule has 0 saturated carbocycles. The number of halogens is 2.